The minimum Gasteiger partial charge on any atom is -0.394 e. The number of nitrogens with two attached hydrogens (primary N) is 1. The number of aliphatic hydroxyl groups excluding tert-OH is 1. The molecule has 0 fully saturated rings. The summed E-state index contributed by atoms with van der Waals surface area (Å²) >= 11 is 0. The number of nitrogens with zero attached hydrogens (tertiary/aromatic N) is 2. The van der Waals surface area contributed by atoms with Crippen LogP contribution < -0.4 is 11.1 Å². The fourth-order valence-electron chi connectivity index (χ4n) is 1.38. The average Bonchev–Trinajstić information content (AvgIpc) is 2.28. The molecule has 0 saturated carbocycles. The van der Waals surface area contributed by atoms with Crippen molar-refractivity contribution in [1.82, 2.24) is 4.98 Å². The van der Waals surface area contributed by atoms with Crippen LogP contribution in [0.5, 0.6) is 0 Å². The molecule has 1 aromatic rings. The van der Waals surface area contributed by atoms with Crippen molar-refractivity contribution < 1.29 is 9.84 Å². The number of ether oxygens (including phenoxy) is 1. The van der Waals surface area contributed by atoms with Crippen molar-refractivity contribution in [2.24, 2.45) is 0 Å². The molecular formula is C11H16N4O2. The van der Waals surface area contributed by atoms with Gasteiger partial charge in [-0.15, -0.1) is 0 Å². The maximum absolute atomic E-state index is 9.00. The van der Waals surface area contributed by atoms with Crippen LogP contribution in [-0.2, 0) is 4.74 Å². The monoisotopic (exact) mass is 236 g/mol. The number of nitrogens with one attached hydrogen (secondary N) is 1. The van der Waals surface area contributed by atoms with Crippen molar-refractivity contribution in [2.75, 3.05) is 37.4 Å². The number of anilines is 2. The fraction of sp³-hybridized carbons (Fsp3) is 0.455. The Balaban J connectivity index is 2.61. The first kappa shape index (κ1) is 13.2. The van der Waals surface area contributed by atoms with Crippen LogP contribution in [0.3, 0.4) is 0 Å². The fourth-order valence-corrected chi connectivity index (χ4v) is 1.38. The summed E-state index contributed by atoms with van der Waals surface area (Å²) in [7, 11) is 0. The van der Waals surface area contributed by atoms with Gasteiger partial charge in [0.05, 0.1) is 25.4 Å². The number of aryl methyl sites for hydroxylation is 1. The van der Waals surface area contributed by atoms with E-state index in [1.807, 2.05) is 6.92 Å². The Labute approximate surface area is 100 Å². The molecule has 17 heavy (non-hydrogen) atoms. The molecule has 0 unspecified atom stereocenters. The standard InChI is InChI=1S/C11H16N4O2/c1-8-6-10(13)15-11(9(8)7-12)14-2-4-17-5-3-16/h6,16H,2-5H2,1H3,(H3,13,14,15). The molecule has 1 rings (SSSR count). The van der Waals surface area contributed by atoms with Gasteiger partial charge in [-0.1, -0.05) is 0 Å². The summed E-state index contributed by atoms with van der Waals surface area (Å²) in [5.41, 5.74) is 6.89. The molecule has 6 heteroatoms. The molecule has 92 valence electrons. The first-order chi connectivity index (χ1) is 8.19. The Hall–Kier alpha value is -1.84. The molecule has 0 saturated heterocycles. The van der Waals surface area contributed by atoms with E-state index in [9.17, 15) is 0 Å². The Kier molecular flexibility index (Phi) is 5.20. The van der Waals surface area contributed by atoms with E-state index in [0.717, 1.165) is 5.56 Å². The highest BCUT2D eigenvalue weighted by atomic mass is 16.5. The molecule has 0 aliphatic heterocycles. The van der Waals surface area contributed by atoms with Crippen LogP contribution in [0.2, 0.25) is 0 Å². The van der Waals surface area contributed by atoms with Crippen molar-refractivity contribution in [3.8, 4) is 6.07 Å². The maximum Gasteiger partial charge on any atom is 0.146 e. The first-order valence-corrected chi connectivity index (χ1v) is 5.28. The predicted octanol–water partition coefficient (Wildman–Crippen LogP) is 0.265. The molecular weight excluding hydrogens is 220 g/mol. The number of rotatable bonds is 6. The Morgan fingerprint density at radius 1 is 1.59 bits per heavy atom. The zero-order chi connectivity index (χ0) is 12.7. The molecule has 1 aromatic heterocycles. The lowest BCUT2D eigenvalue weighted by atomic mass is 10.1. The molecule has 0 amide bonds. The van der Waals surface area contributed by atoms with Gasteiger partial charge in [-0.3, -0.25) is 0 Å². The van der Waals surface area contributed by atoms with Crippen molar-refractivity contribution in [2.45, 2.75) is 6.92 Å². The first-order valence-electron chi connectivity index (χ1n) is 5.28. The van der Waals surface area contributed by atoms with Crippen molar-refractivity contribution >= 4 is 11.6 Å². The summed E-state index contributed by atoms with van der Waals surface area (Å²) in [6.07, 6.45) is 0. The van der Waals surface area contributed by atoms with Gasteiger partial charge in [0, 0.05) is 6.54 Å². The average molecular weight is 236 g/mol. The molecule has 4 N–H and O–H groups in total. The van der Waals surface area contributed by atoms with Crippen LogP contribution in [0.25, 0.3) is 0 Å². The third-order valence-corrected chi connectivity index (χ3v) is 2.12. The van der Waals surface area contributed by atoms with E-state index < -0.39 is 0 Å². The van der Waals surface area contributed by atoms with E-state index >= 15 is 0 Å². The van der Waals surface area contributed by atoms with Gasteiger partial charge in [0.25, 0.3) is 0 Å². The van der Waals surface area contributed by atoms with Gasteiger partial charge in [-0.2, -0.15) is 5.26 Å². The molecule has 0 aromatic carbocycles. The number of aliphatic hydroxyl groups is 1. The zero-order valence-electron chi connectivity index (χ0n) is 9.73. The van der Waals surface area contributed by atoms with Crippen LogP contribution in [0.15, 0.2) is 6.07 Å². The van der Waals surface area contributed by atoms with E-state index in [1.54, 1.807) is 6.07 Å². The van der Waals surface area contributed by atoms with E-state index in [0.29, 0.717) is 37.0 Å². The second-order valence-electron chi connectivity index (χ2n) is 3.46. The topological polar surface area (TPSA) is 104 Å². The minimum absolute atomic E-state index is 0.000904. The third-order valence-electron chi connectivity index (χ3n) is 2.12. The summed E-state index contributed by atoms with van der Waals surface area (Å²) < 4.78 is 5.08. The molecule has 1 heterocycles. The van der Waals surface area contributed by atoms with Gasteiger partial charge in [-0.25, -0.2) is 4.98 Å². The second-order valence-corrected chi connectivity index (χ2v) is 3.46. The normalized spacial score (nSPS) is 9.94. The molecule has 0 bridgehead atoms. The van der Waals surface area contributed by atoms with Crippen LogP contribution in [-0.4, -0.2) is 36.5 Å². The predicted molar refractivity (Wildman–Crippen MR) is 64.5 cm³/mol. The number of hydrogen-bond donors (Lipinski definition) is 3. The van der Waals surface area contributed by atoms with Gasteiger partial charge in [-0.05, 0) is 18.6 Å². The van der Waals surface area contributed by atoms with E-state index in [-0.39, 0.29) is 6.61 Å². The summed E-state index contributed by atoms with van der Waals surface area (Å²) in [6, 6.07) is 3.74. The largest absolute Gasteiger partial charge is 0.394 e. The van der Waals surface area contributed by atoms with Gasteiger partial charge in [0.1, 0.15) is 17.7 Å². The lowest BCUT2D eigenvalue weighted by Crippen LogP contribution is -2.14. The Morgan fingerprint density at radius 3 is 3.00 bits per heavy atom. The molecule has 0 atom stereocenters. The molecule has 6 nitrogen and oxygen atoms in total. The highest BCUT2D eigenvalue weighted by Crippen LogP contribution is 2.18. The van der Waals surface area contributed by atoms with E-state index in [4.69, 9.17) is 20.8 Å². The van der Waals surface area contributed by atoms with Gasteiger partial charge < -0.3 is 20.9 Å². The van der Waals surface area contributed by atoms with Crippen molar-refractivity contribution in [3.63, 3.8) is 0 Å². The zero-order valence-corrected chi connectivity index (χ0v) is 9.73. The molecule has 0 spiro atoms. The van der Waals surface area contributed by atoms with Crippen LogP contribution >= 0.6 is 0 Å². The number of aromatic nitrogens is 1. The summed E-state index contributed by atoms with van der Waals surface area (Å²) in [4.78, 5) is 4.06. The van der Waals surface area contributed by atoms with E-state index in [1.165, 1.54) is 0 Å². The van der Waals surface area contributed by atoms with E-state index in [2.05, 4.69) is 16.4 Å². The molecule has 0 aliphatic carbocycles. The highest BCUT2D eigenvalue weighted by Gasteiger charge is 2.07. The summed E-state index contributed by atoms with van der Waals surface area (Å²) in [5.74, 6) is 0.845. The van der Waals surface area contributed by atoms with Crippen LogP contribution in [0.4, 0.5) is 11.6 Å². The summed E-state index contributed by atoms with van der Waals surface area (Å²) in [5, 5.41) is 20.5. The Bertz CT molecular complexity index is 415. The number of hydrogen-bond acceptors (Lipinski definition) is 6. The highest BCUT2D eigenvalue weighted by molar-refractivity contribution is 5.59. The maximum atomic E-state index is 9.00. The van der Waals surface area contributed by atoms with Crippen LogP contribution in [0.1, 0.15) is 11.1 Å². The lowest BCUT2D eigenvalue weighted by molar-refractivity contribution is 0.0992. The number of nitrogen functional groups attached to an aromatic ring is 1. The third kappa shape index (κ3) is 3.90. The Morgan fingerprint density at radius 2 is 2.35 bits per heavy atom. The lowest BCUT2D eigenvalue weighted by Gasteiger charge is -2.10. The quantitative estimate of drug-likeness (QED) is 0.612. The number of nitriles is 1. The SMILES string of the molecule is Cc1cc(N)nc(NCCOCCO)c1C#N. The molecule has 0 radical (unpaired) electrons. The van der Waals surface area contributed by atoms with Crippen molar-refractivity contribution in [1.29, 1.82) is 5.26 Å². The van der Waals surface area contributed by atoms with Crippen LogP contribution in [0, 0.1) is 18.3 Å². The molecule has 0 aliphatic rings. The smallest absolute Gasteiger partial charge is 0.146 e. The minimum atomic E-state index is -0.000904. The van der Waals surface area contributed by atoms with Gasteiger partial charge in [0.2, 0.25) is 0 Å². The second kappa shape index (κ2) is 6.68. The van der Waals surface area contributed by atoms with Gasteiger partial charge in [0.15, 0.2) is 0 Å². The number of pyridine rings is 1. The summed E-state index contributed by atoms with van der Waals surface area (Å²) in [6.45, 7) is 3.05. The van der Waals surface area contributed by atoms with Gasteiger partial charge >= 0.3 is 0 Å². The van der Waals surface area contributed by atoms with Crippen molar-refractivity contribution in [3.05, 3.63) is 17.2 Å².